The van der Waals surface area contributed by atoms with Crippen molar-refractivity contribution in [1.82, 2.24) is 0 Å². The number of halogens is 1. The van der Waals surface area contributed by atoms with Crippen molar-refractivity contribution < 1.29 is 13.2 Å². The molecule has 0 atom stereocenters. The number of amides is 1. The van der Waals surface area contributed by atoms with Gasteiger partial charge in [-0.15, -0.1) is 0 Å². The zero-order valence-electron chi connectivity index (χ0n) is 17.2. The lowest BCUT2D eigenvalue weighted by Gasteiger charge is -2.21. The maximum atomic E-state index is 13.0. The zero-order valence-corrected chi connectivity index (χ0v) is 18.8. The lowest BCUT2D eigenvalue weighted by molar-refractivity contribution is 0.102. The van der Waals surface area contributed by atoms with Gasteiger partial charge in [-0.25, -0.2) is 8.42 Å². The molecule has 0 aromatic heterocycles. The number of carbonyl (C=O) groups excluding carboxylic acids is 1. The van der Waals surface area contributed by atoms with Crippen LogP contribution in [0.4, 0.5) is 11.4 Å². The first-order valence-electron chi connectivity index (χ1n) is 9.33. The van der Waals surface area contributed by atoms with Crippen molar-refractivity contribution in [3.05, 3.63) is 87.9 Å². The van der Waals surface area contributed by atoms with E-state index in [4.69, 9.17) is 11.6 Å². The van der Waals surface area contributed by atoms with Crippen molar-refractivity contribution in [1.29, 1.82) is 0 Å². The van der Waals surface area contributed by atoms with Gasteiger partial charge < -0.3 is 5.32 Å². The second-order valence-corrected chi connectivity index (χ2v) is 9.60. The molecule has 0 spiro atoms. The summed E-state index contributed by atoms with van der Waals surface area (Å²) in [6.07, 6.45) is 0. The number of sulfonamides is 1. The number of rotatable bonds is 5. The molecule has 0 saturated carbocycles. The fourth-order valence-electron chi connectivity index (χ4n) is 2.95. The Labute approximate surface area is 182 Å². The third-order valence-corrected chi connectivity index (χ3v) is 7.01. The number of carbonyl (C=O) groups is 1. The summed E-state index contributed by atoms with van der Waals surface area (Å²) in [5.41, 5.74) is 4.11. The summed E-state index contributed by atoms with van der Waals surface area (Å²) in [7, 11) is -2.33. The predicted octanol–water partition coefficient (Wildman–Crippen LogP) is 5.34. The first kappa shape index (κ1) is 21.9. The van der Waals surface area contributed by atoms with E-state index in [0.717, 1.165) is 21.0 Å². The zero-order chi connectivity index (χ0) is 22.1. The lowest BCUT2D eigenvalue weighted by atomic mass is 10.1. The summed E-state index contributed by atoms with van der Waals surface area (Å²) in [6.45, 7) is 5.72. The molecule has 0 saturated heterocycles. The van der Waals surface area contributed by atoms with E-state index in [1.165, 1.54) is 19.2 Å². The van der Waals surface area contributed by atoms with Crippen LogP contribution in [-0.4, -0.2) is 21.4 Å². The molecule has 0 fully saturated rings. The summed E-state index contributed by atoms with van der Waals surface area (Å²) in [5.74, 6) is -0.406. The van der Waals surface area contributed by atoms with Gasteiger partial charge in [0.05, 0.1) is 21.2 Å². The minimum atomic E-state index is -3.78. The number of hydrogen-bond donors (Lipinski definition) is 1. The van der Waals surface area contributed by atoms with Crippen molar-refractivity contribution in [3.8, 4) is 0 Å². The Morgan fingerprint density at radius 2 is 1.53 bits per heavy atom. The van der Waals surface area contributed by atoms with E-state index in [0.29, 0.717) is 11.4 Å². The molecule has 0 aliphatic heterocycles. The molecular formula is C23H23ClN2O3S. The summed E-state index contributed by atoms with van der Waals surface area (Å²) in [4.78, 5) is 13.0. The number of nitrogens with zero attached hydrogens (tertiary/aromatic N) is 1. The van der Waals surface area contributed by atoms with Crippen molar-refractivity contribution >= 4 is 38.9 Å². The van der Waals surface area contributed by atoms with Gasteiger partial charge in [-0.1, -0.05) is 41.4 Å². The van der Waals surface area contributed by atoms with Gasteiger partial charge in [-0.2, -0.15) is 0 Å². The van der Waals surface area contributed by atoms with Gasteiger partial charge in [0.2, 0.25) is 0 Å². The largest absolute Gasteiger partial charge is 0.322 e. The van der Waals surface area contributed by atoms with Crippen molar-refractivity contribution in [3.63, 3.8) is 0 Å². The maximum absolute atomic E-state index is 13.0. The third kappa shape index (κ3) is 4.50. The van der Waals surface area contributed by atoms with E-state index < -0.39 is 15.9 Å². The minimum Gasteiger partial charge on any atom is -0.322 e. The molecule has 5 nitrogen and oxygen atoms in total. The van der Waals surface area contributed by atoms with Gasteiger partial charge in [-0.3, -0.25) is 9.10 Å². The van der Waals surface area contributed by atoms with Gasteiger partial charge in [0, 0.05) is 12.7 Å². The van der Waals surface area contributed by atoms with Gasteiger partial charge in [-0.05, 0) is 68.3 Å². The lowest BCUT2D eigenvalue weighted by Crippen LogP contribution is -2.27. The van der Waals surface area contributed by atoms with Crippen LogP contribution in [-0.2, 0) is 10.0 Å². The molecule has 1 N–H and O–H groups in total. The average molecular weight is 443 g/mol. The molecule has 1 amide bonds. The van der Waals surface area contributed by atoms with E-state index >= 15 is 0 Å². The number of aryl methyl sites for hydroxylation is 3. The number of hydrogen-bond acceptors (Lipinski definition) is 3. The standard InChI is InChI=1S/C23H23ClN2O3S/c1-15-6-10-19(11-7-15)30(28,29)26(4)18-9-12-21(24)20(14-18)23(27)25-22-13-16(2)5-8-17(22)3/h5-14H,1-4H3,(H,25,27). The third-order valence-electron chi connectivity index (χ3n) is 4.88. The van der Waals surface area contributed by atoms with Crippen molar-refractivity contribution in [2.24, 2.45) is 0 Å². The Hall–Kier alpha value is -2.83. The molecule has 3 aromatic carbocycles. The molecule has 156 valence electrons. The highest BCUT2D eigenvalue weighted by molar-refractivity contribution is 7.92. The van der Waals surface area contributed by atoms with E-state index in [-0.39, 0.29) is 15.5 Å². The summed E-state index contributed by atoms with van der Waals surface area (Å²) in [5, 5.41) is 3.10. The van der Waals surface area contributed by atoms with E-state index in [9.17, 15) is 13.2 Å². The molecule has 0 unspecified atom stereocenters. The fourth-order valence-corrected chi connectivity index (χ4v) is 4.34. The highest BCUT2D eigenvalue weighted by Crippen LogP contribution is 2.28. The Balaban J connectivity index is 1.93. The van der Waals surface area contributed by atoms with Crippen molar-refractivity contribution in [2.75, 3.05) is 16.7 Å². The summed E-state index contributed by atoms with van der Waals surface area (Å²) >= 11 is 6.25. The fraction of sp³-hybridized carbons (Fsp3) is 0.174. The Bertz CT molecular complexity index is 1210. The molecule has 3 aromatic rings. The molecule has 0 bridgehead atoms. The van der Waals surface area contributed by atoms with Crippen LogP contribution in [0.1, 0.15) is 27.0 Å². The maximum Gasteiger partial charge on any atom is 0.264 e. The number of anilines is 2. The highest BCUT2D eigenvalue weighted by atomic mass is 35.5. The van der Waals surface area contributed by atoms with E-state index in [2.05, 4.69) is 5.32 Å². The molecule has 0 aliphatic carbocycles. The smallest absolute Gasteiger partial charge is 0.264 e. The van der Waals surface area contributed by atoms with Crippen molar-refractivity contribution in [2.45, 2.75) is 25.7 Å². The van der Waals surface area contributed by atoms with E-state index in [1.54, 1.807) is 30.3 Å². The van der Waals surface area contributed by atoms with Crippen LogP contribution in [0.3, 0.4) is 0 Å². The van der Waals surface area contributed by atoms with Gasteiger partial charge in [0.1, 0.15) is 0 Å². The van der Waals surface area contributed by atoms with E-state index in [1.807, 2.05) is 39.0 Å². The second-order valence-electron chi connectivity index (χ2n) is 7.22. The normalized spacial score (nSPS) is 11.2. The summed E-state index contributed by atoms with van der Waals surface area (Å²) < 4.78 is 27.1. The van der Waals surface area contributed by atoms with Crippen LogP contribution in [0.5, 0.6) is 0 Å². The molecule has 30 heavy (non-hydrogen) atoms. The molecule has 7 heteroatoms. The van der Waals surface area contributed by atoms with Crippen LogP contribution in [0, 0.1) is 20.8 Å². The predicted molar refractivity (Wildman–Crippen MR) is 122 cm³/mol. The Morgan fingerprint density at radius 1 is 0.900 bits per heavy atom. The number of benzene rings is 3. The van der Waals surface area contributed by atoms with Crippen LogP contribution in [0.25, 0.3) is 0 Å². The van der Waals surface area contributed by atoms with Crippen LogP contribution < -0.4 is 9.62 Å². The summed E-state index contributed by atoms with van der Waals surface area (Å²) in [6, 6.07) is 16.9. The van der Waals surface area contributed by atoms with Gasteiger partial charge in [0.25, 0.3) is 15.9 Å². The quantitative estimate of drug-likeness (QED) is 0.579. The first-order valence-corrected chi connectivity index (χ1v) is 11.1. The highest BCUT2D eigenvalue weighted by Gasteiger charge is 2.23. The minimum absolute atomic E-state index is 0.173. The molecule has 0 aliphatic rings. The van der Waals surface area contributed by atoms with Gasteiger partial charge >= 0.3 is 0 Å². The van der Waals surface area contributed by atoms with Crippen LogP contribution >= 0.6 is 11.6 Å². The SMILES string of the molecule is Cc1ccc(S(=O)(=O)N(C)c2ccc(Cl)c(C(=O)Nc3cc(C)ccc3C)c2)cc1. The monoisotopic (exact) mass is 442 g/mol. The molecule has 3 rings (SSSR count). The average Bonchev–Trinajstić information content (AvgIpc) is 2.70. The number of nitrogens with one attached hydrogen (secondary N) is 1. The Kier molecular flexibility index (Phi) is 6.19. The first-order chi connectivity index (χ1) is 14.1. The molecule has 0 heterocycles. The molecular weight excluding hydrogens is 420 g/mol. The van der Waals surface area contributed by atoms with Gasteiger partial charge in [0.15, 0.2) is 0 Å². The van der Waals surface area contributed by atoms with Crippen LogP contribution in [0.15, 0.2) is 65.6 Å². The Morgan fingerprint density at radius 3 is 2.20 bits per heavy atom. The topological polar surface area (TPSA) is 66.5 Å². The van der Waals surface area contributed by atoms with Crippen LogP contribution in [0.2, 0.25) is 5.02 Å². The molecule has 0 radical (unpaired) electrons. The second kappa shape index (κ2) is 8.50.